The van der Waals surface area contributed by atoms with E-state index < -0.39 is 15.6 Å². The van der Waals surface area contributed by atoms with E-state index in [4.69, 9.17) is 38.5 Å². The summed E-state index contributed by atoms with van der Waals surface area (Å²) in [6, 6.07) is 5.90. The first-order chi connectivity index (χ1) is 13.6. The fourth-order valence-electron chi connectivity index (χ4n) is 5.34. The van der Waals surface area contributed by atoms with E-state index in [0.29, 0.717) is 29.3 Å². The van der Waals surface area contributed by atoms with E-state index in [1.807, 2.05) is 12.1 Å². The maximum absolute atomic E-state index is 12.3. The van der Waals surface area contributed by atoms with Gasteiger partial charge in [0.15, 0.2) is 0 Å². The zero-order valence-corrected chi connectivity index (χ0v) is 18.2. The highest BCUT2D eigenvalue weighted by Gasteiger charge is 2.54. The fraction of sp³-hybridized carbons (Fsp3) is 0.611. The Morgan fingerprint density at radius 3 is 2.07 bits per heavy atom. The Balaban J connectivity index is 0.000000271. The Hall–Kier alpha value is -1.09. The lowest BCUT2D eigenvalue weighted by Crippen LogP contribution is -2.42. The number of rotatable bonds is 0. The van der Waals surface area contributed by atoms with Gasteiger partial charge in [0.2, 0.25) is 0 Å². The molecule has 0 heterocycles. The molecule has 2 saturated carbocycles. The number of hydrogen-bond acceptors (Lipinski definition) is 4. The summed E-state index contributed by atoms with van der Waals surface area (Å²) in [5.41, 5.74) is 2.75. The first kappa shape index (κ1) is 25.2. The minimum Gasteiger partial charge on any atom is -0.508 e. The van der Waals surface area contributed by atoms with Crippen LogP contribution in [0.15, 0.2) is 18.2 Å². The van der Waals surface area contributed by atoms with Gasteiger partial charge in [-0.3, -0.25) is 4.79 Å². The van der Waals surface area contributed by atoms with Gasteiger partial charge < -0.3 is 34.5 Å². The van der Waals surface area contributed by atoms with Crippen molar-refractivity contribution in [2.24, 2.45) is 17.3 Å². The van der Waals surface area contributed by atoms with Gasteiger partial charge in [-0.05, 0) is 73.1 Å². The summed E-state index contributed by atoms with van der Waals surface area (Å²) in [6.07, 6.45) is 6.34. The second-order valence-corrected chi connectivity index (χ2v) is 10.3. The van der Waals surface area contributed by atoms with Crippen molar-refractivity contribution in [2.75, 3.05) is 0 Å². The molecule has 0 spiro atoms. The topological polar surface area (TPSA) is 193 Å². The molecule has 3 aliphatic carbocycles. The lowest BCUT2D eigenvalue weighted by atomic mass is 9.55. The number of aryl methyl sites for hydroxylation is 1. The lowest BCUT2D eigenvalue weighted by molar-refractivity contribution is -0.129. The number of benzene rings is 1. The standard InChI is InChI=1S/C18H22O2.2H3O4P/c1-18-9-8-14-13-5-3-12(19)10-11(13)2-4-15(14)16(18)6-7-17(18)20;2*1-5(2,3)4/h3,5,10,14-16,19H,2,4,6-9H2,1H3;2*(H3,1,2,3,4)/t14-,15-,16+,18+;;/m1../s1. The number of aromatic hydroxyl groups is 1. The Bertz CT molecular complexity index is 839. The van der Waals surface area contributed by atoms with E-state index in [1.54, 1.807) is 0 Å². The molecule has 0 saturated heterocycles. The summed E-state index contributed by atoms with van der Waals surface area (Å²) in [5, 5.41) is 9.67. The number of hydrogen-bond donors (Lipinski definition) is 7. The van der Waals surface area contributed by atoms with Crippen LogP contribution in [0.2, 0.25) is 0 Å². The first-order valence-corrected chi connectivity index (χ1v) is 12.6. The van der Waals surface area contributed by atoms with Gasteiger partial charge in [0.05, 0.1) is 0 Å². The van der Waals surface area contributed by atoms with Gasteiger partial charge >= 0.3 is 15.6 Å². The third-order valence-electron chi connectivity index (χ3n) is 6.42. The van der Waals surface area contributed by atoms with Crippen molar-refractivity contribution in [3.63, 3.8) is 0 Å². The average molecular weight is 466 g/mol. The lowest BCUT2D eigenvalue weighted by Gasteiger charge is -2.48. The normalized spacial score (nSPS) is 30.0. The number of ketones is 1. The molecule has 3 aliphatic rings. The number of carbonyl (C=O) groups is 1. The molecule has 7 N–H and O–H groups in total. The van der Waals surface area contributed by atoms with Gasteiger partial charge in [0.25, 0.3) is 0 Å². The molecule has 1 aromatic rings. The zero-order chi connectivity index (χ0) is 22.9. The number of fused-ring (bicyclic) bond motifs is 5. The molecule has 0 bridgehead atoms. The van der Waals surface area contributed by atoms with Crippen molar-refractivity contribution in [1.29, 1.82) is 0 Å². The van der Waals surface area contributed by atoms with E-state index in [2.05, 4.69) is 13.0 Å². The van der Waals surface area contributed by atoms with Crippen LogP contribution in [-0.2, 0) is 20.3 Å². The van der Waals surface area contributed by atoms with Crippen LogP contribution in [0.25, 0.3) is 0 Å². The molecule has 1 aromatic carbocycles. The second kappa shape index (κ2) is 9.18. The molecule has 0 unspecified atom stereocenters. The summed E-state index contributed by atoms with van der Waals surface area (Å²) in [7, 11) is -9.28. The number of carbonyl (C=O) groups excluding carboxylic acids is 1. The Labute approximate surface area is 174 Å². The predicted molar refractivity (Wildman–Crippen MR) is 106 cm³/mol. The van der Waals surface area contributed by atoms with Crippen LogP contribution < -0.4 is 0 Å². The Morgan fingerprint density at radius 1 is 0.933 bits per heavy atom. The van der Waals surface area contributed by atoms with Crippen molar-refractivity contribution in [2.45, 2.75) is 51.4 Å². The maximum atomic E-state index is 12.3. The second-order valence-electron chi connectivity index (χ2n) is 8.24. The zero-order valence-electron chi connectivity index (χ0n) is 16.5. The molecule has 30 heavy (non-hydrogen) atoms. The molecule has 4 atom stereocenters. The highest BCUT2D eigenvalue weighted by atomic mass is 31.2. The summed E-state index contributed by atoms with van der Waals surface area (Å²) in [5.74, 6) is 2.78. The van der Waals surface area contributed by atoms with Crippen LogP contribution in [0.1, 0.15) is 56.1 Å². The van der Waals surface area contributed by atoms with Gasteiger partial charge in [0, 0.05) is 11.8 Å². The fourth-order valence-corrected chi connectivity index (χ4v) is 5.34. The number of phenolic OH excluding ortho intramolecular Hbond substituents is 1. The van der Waals surface area contributed by atoms with Gasteiger partial charge in [-0.2, -0.15) is 0 Å². The summed E-state index contributed by atoms with van der Waals surface area (Å²) in [6.45, 7) is 2.22. The maximum Gasteiger partial charge on any atom is 0.466 e. The van der Waals surface area contributed by atoms with Crippen molar-refractivity contribution < 1.29 is 48.4 Å². The molecule has 0 aromatic heterocycles. The van der Waals surface area contributed by atoms with Crippen molar-refractivity contribution in [3.8, 4) is 5.75 Å². The van der Waals surface area contributed by atoms with Gasteiger partial charge in [-0.1, -0.05) is 13.0 Å². The number of phenols is 1. The largest absolute Gasteiger partial charge is 0.508 e. The molecule has 170 valence electrons. The molecular formula is C18H28O10P2. The first-order valence-electron chi connectivity index (χ1n) is 9.51. The van der Waals surface area contributed by atoms with Crippen molar-refractivity contribution in [1.82, 2.24) is 0 Å². The third kappa shape index (κ3) is 6.70. The van der Waals surface area contributed by atoms with Crippen LogP contribution in [-0.4, -0.2) is 40.3 Å². The van der Waals surface area contributed by atoms with Crippen LogP contribution in [0.3, 0.4) is 0 Å². The number of Topliss-reactive ketones (excluding diaryl/α,β-unsaturated/α-hetero) is 1. The van der Waals surface area contributed by atoms with Crippen molar-refractivity contribution >= 4 is 21.4 Å². The molecule has 10 nitrogen and oxygen atoms in total. The van der Waals surface area contributed by atoms with Crippen LogP contribution in [0.4, 0.5) is 0 Å². The monoisotopic (exact) mass is 466 g/mol. The minimum absolute atomic E-state index is 0.0322. The smallest absolute Gasteiger partial charge is 0.466 e. The summed E-state index contributed by atoms with van der Waals surface area (Å²) >= 11 is 0. The molecule has 12 heteroatoms. The Morgan fingerprint density at radius 2 is 1.50 bits per heavy atom. The van der Waals surface area contributed by atoms with E-state index in [9.17, 15) is 9.90 Å². The summed E-state index contributed by atoms with van der Waals surface area (Å²) < 4.78 is 17.8. The third-order valence-corrected chi connectivity index (χ3v) is 6.42. The van der Waals surface area contributed by atoms with Gasteiger partial charge in [-0.25, -0.2) is 9.13 Å². The highest BCUT2D eigenvalue weighted by molar-refractivity contribution is 7.45. The minimum atomic E-state index is -4.64. The predicted octanol–water partition coefficient (Wildman–Crippen LogP) is 1.96. The molecule has 2 fully saturated rings. The van der Waals surface area contributed by atoms with Crippen molar-refractivity contribution in [3.05, 3.63) is 29.3 Å². The van der Waals surface area contributed by atoms with Gasteiger partial charge in [0.1, 0.15) is 11.5 Å². The molecule has 0 aliphatic heterocycles. The van der Waals surface area contributed by atoms with E-state index in [0.717, 1.165) is 32.1 Å². The van der Waals surface area contributed by atoms with E-state index in [1.165, 1.54) is 17.5 Å². The van der Waals surface area contributed by atoms with E-state index in [-0.39, 0.29) is 5.41 Å². The average Bonchev–Trinajstić information content (AvgIpc) is 2.87. The molecule has 4 rings (SSSR count). The Kier molecular flexibility index (Phi) is 7.71. The SMILES string of the molecule is C[C@]12CC[C@@H]3c4ccc(O)cc4CC[C@H]3[C@@H]1CCC2=O.O=P(O)(O)O.O=P(O)(O)O. The number of phosphoric acid groups is 2. The molecule has 0 radical (unpaired) electrons. The van der Waals surface area contributed by atoms with Crippen LogP contribution >= 0.6 is 15.6 Å². The molecular weight excluding hydrogens is 438 g/mol. The molecule has 0 amide bonds. The quantitative estimate of drug-likeness (QED) is 0.278. The van der Waals surface area contributed by atoms with Crippen LogP contribution in [0, 0.1) is 17.3 Å². The van der Waals surface area contributed by atoms with Crippen LogP contribution in [0.5, 0.6) is 5.75 Å². The summed E-state index contributed by atoms with van der Waals surface area (Å²) in [4.78, 5) is 55.4. The highest BCUT2D eigenvalue weighted by Crippen LogP contribution is 2.59. The van der Waals surface area contributed by atoms with E-state index >= 15 is 0 Å². The van der Waals surface area contributed by atoms with Gasteiger partial charge in [-0.15, -0.1) is 0 Å².